The van der Waals surface area contributed by atoms with Crippen LogP contribution in [0.3, 0.4) is 0 Å². The third-order valence-corrected chi connectivity index (χ3v) is 3.65. The number of hydrogen-bond acceptors (Lipinski definition) is 5. The molecule has 0 bridgehead atoms. The predicted octanol–water partition coefficient (Wildman–Crippen LogP) is 3.67. The highest BCUT2D eigenvalue weighted by Crippen LogP contribution is 2.21. The van der Waals surface area contributed by atoms with Gasteiger partial charge in [0, 0.05) is 11.8 Å². The van der Waals surface area contributed by atoms with E-state index < -0.39 is 12.1 Å². The first-order chi connectivity index (χ1) is 12.6. The van der Waals surface area contributed by atoms with Crippen molar-refractivity contribution in [3.05, 3.63) is 54.1 Å². The van der Waals surface area contributed by atoms with Gasteiger partial charge in [-0.1, -0.05) is 13.0 Å². The molecule has 1 amide bonds. The van der Waals surface area contributed by atoms with Gasteiger partial charge >= 0.3 is 5.97 Å². The lowest BCUT2D eigenvalue weighted by molar-refractivity contribution is -0.122. The number of methoxy groups -OCH3 is 1. The van der Waals surface area contributed by atoms with Gasteiger partial charge in [0.2, 0.25) is 0 Å². The molecule has 0 aromatic heterocycles. The normalized spacial score (nSPS) is 11.3. The van der Waals surface area contributed by atoms with E-state index in [9.17, 15) is 9.59 Å². The van der Waals surface area contributed by atoms with Gasteiger partial charge < -0.3 is 19.5 Å². The van der Waals surface area contributed by atoms with Gasteiger partial charge in [-0.05, 0) is 49.7 Å². The molecular weight excluding hydrogens is 334 g/mol. The number of esters is 1. The maximum atomic E-state index is 12.5. The van der Waals surface area contributed by atoms with E-state index in [0.29, 0.717) is 35.8 Å². The third kappa shape index (κ3) is 5.24. The van der Waals surface area contributed by atoms with E-state index in [-0.39, 0.29) is 5.91 Å². The molecule has 0 unspecified atom stereocenters. The Morgan fingerprint density at radius 3 is 2.35 bits per heavy atom. The number of carbonyl (C=O) groups is 2. The summed E-state index contributed by atoms with van der Waals surface area (Å²) in [4.78, 5) is 24.1. The van der Waals surface area contributed by atoms with Crippen molar-refractivity contribution in [2.75, 3.05) is 19.0 Å². The average Bonchev–Trinajstić information content (AvgIpc) is 2.67. The predicted molar refractivity (Wildman–Crippen MR) is 98.7 cm³/mol. The van der Waals surface area contributed by atoms with Crippen molar-refractivity contribution in [3.63, 3.8) is 0 Å². The Hall–Kier alpha value is -3.02. The fourth-order valence-corrected chi connectivity index (χ4v) is 2.29. The van der Waals surface area contributed by atoms with Crippen LogP contribution in [-0.2, 0) is 9.53 Å². The highest BCUT2D eigenvalue weighted by Gasteiger charge is 2.19. The molecule has 0 aliphatic heterocycles. The summed E-state index contributed by atoms with van der Waals surface area (Å²) in [6.07, 6.45) is -0.143. The van der Waals surface area contributed by atoms with Crippen molar-refractivity contribution in [3.8, 4) is 11.5 Å². The van der Waals surface area contributed by atoms with Gasteiger partial charge in [-0.25, -0.2) is 4.79 Å². The number of rotatable bonds is 8. The fraction of sp³-hybridized carbons (Fsp3) is 0.300. The molecule has 2 aromatic rings. The average molecular weight is 357 g/mol. The van der Waals surface area contributed by atoms with Crippen LogP contribution in [0.2, 0.25) is 0 Å². The van der Waals surface area contributed by atoms with Crippen molar-refractivity contribution < 1.29 is 23.8 Å². The van der Waals surface area contributed by atoms with E-state index >= 15 is 0 Å². The summed E-state index contributed by atoms with van der Waals surface area (Å²) in [6, 6.07) is 13.6. The van der Waals surface area contributed by atoms with Crippen LogP contribution >= 0.6 is 0 Å². The van der Waals surface area contributed by atoms with Crippen LogP contribution in [0.4, 0.5) is 5.69 Å². The minimum Gasteiger partial charge on any atom is -0.497 e. The van der Waals surface area contributed by atoms with Crippen LogP contribution in [0.25, 0.3) is 0 Å². The smallest absolute Gasteiger partial charge is 0.338 e. The zero-order valence-corrected chi connectivity index (χ0v) is 15.2. The number of amides is 1. The second-order valence-electron chi connectivity index (χ2n) is 5.48. The summed E-state index contributed by atoms with van der Waals surface area (Å²) in [7, 11) is 1.57. The Morgan fingerprint density at radius 2 is 1.73 bits per heavy atom. The van der Waals surface area contributed by atoms with E-state index in [2.05, 4.69) is 5.32 Å². The summed E-state index contributed by atoms with van der Waals surface area (Å²) in [5, 5.41) is 2.79. The van der Waals surface area contributed by atoms with Crippen molar-refractivity contribution in [1.82, 2.24) is 0 Å². The van der Waals surface area contributed by atoms with Crippen molar-refractivity contribution in [2.24, 2.45) is 0 Å². The maximum absolute atomic E-state index is 12.5. The lowest BCUT2D eigenvalue weighted by atomic mass is 10.2. The molecule has 1 N–H and O–H groups in total. The first-order valence-electron chi connectivity index (χ1n) is 8.46. The highest BCUT2D eigenvalue weighted by atomic mass is 16.5. The van der Waals surface area contributed by atoms with Crippen LogP contribution in [0.5, 0.6) is 11.5 Å². The summed E-state index contributed by atoms with van der Waals surface area (Å²) >= 11 is 0. The molecule has 0 fully saturated rings. The number of benzene rings is 2. The maximum Gasteiger partial charge on any atom is 0.338 e. The molecular formula is C20H23NO5. The van der Waals surface area contributed by atoms with E-state index in [1.54, 1.807) is 62.6 Å². The molecule has 26 heavy (non-hydrogen) atoms. The van der Waals surface area contributed by atoms with E-state index in [4.69, 9.17) is 14.2 Å². The van der Waals surface area contributed by atoms with Crippen molar-refractivity contribution in [2.45, 2.75) is 26.4 Å². The Morgan fingerprint density at radius 1 is 1.04 bits per heavy atom. The number of ether oxygens (including phenoxy) is 3. The second-order valence-corrected chi connectivity index (χ2v) is 5.48. The molecule has 0 saturated heterocycles. The molecule has 6 nitrogen and oxygen atoms in total. The largest absolute Gasteiger partial charge is 0.497 e. The molecule has 138 valence electrons. The lowest BCUT2D eigenvalue weighted by Crippen LogP contribution is -2.32. The SMILES string of the molecule is CCOC(=O)c1ccc(NC(=O)[C@@H](CC)Oc2cccc(OC)c2)cc1. The first-order valence-corrected chi connectivity index (χ1v) is 8.46. The lowest BCUT2D eigenvalue weighted by Gasteiger charge is -2.17. The quantitative estimate of drug-likeness (QED) is 0.730. The summed E-state index contributed by atoms with van der Waals surface area (Å²) in [6.45, 7) is 3.94. The molecule has 0 spiro atoms. The Bertz CT molecular complexity index is 742. The molecule has 0 saturated carbocycles. The minimum absolute atomic E-state index is 0.265. The van der Waals surface area contributed by atoms with Gasteiger partial charge in [-0.15, -0.1) is 0 Å². The molecule has 6 heteroatoms. The molecule has 0 aliphatic rings. The van der Waals surface area contributed by atoms with Crippen LogP contribution in [-0.4, -0.2) is 31.7 Å². The van der Waals surface area contributed by atoms with Crippen LogP contribution in [0, 0.1) is 0 Å². The Labute approximate surface area is 153 Å². The number of anilines is 1. The first kappa shape index (κ1) is 19.3. The van der Waals surface area contributed by atoms with Gasteiger partial charge in [-0.3, -0.25) is 4.79 Å². The second kappa shape index (κ2) is 9.46. The zero-order valence-electron chi connectivity index (χ0n) is 15.2. The summed E-state index contributed by atoms with van der Waals surface area (Å²) in [5.41, 5.74) is 1.01. The fourth-order valence-electron chi connectivity index (χ4n) is 2.29. The molecule has 2 aromatic carbocycles. The van der Waals surface area contributed by atoms with Gasteiger partial charge in [-0.2, -0.15) is 0 Å². The van der Waals surface area contributed by atoms with Gasteiger partial charge in [0.05, 0.1) is 19.3 Å². The van der Waals surface area contributed by atoms with Gasteiger partial charge in [0.1, 0.15) is 11.5 Å². The minimum atomic E-state index is -0.646. The van der Waals surface area contributed by atoms with Gasteiger partial charge in [0.15, 0.2) is 6.10 Å². The summed E-state index contributed by atoms with van der Waals surface area (Å²) in [5.74, 6) is 0.564. The molecule has 1 atom stereocenters. The standard InChI is InChI=1S/C20H23NO5/c1-4-18(26-17-8-6-7-16(13-17)24-3)19(22)21-15-11-9-14(10-12-15)20(23)25-5-2/h6-13,18H,4-5H2,1-3H3,(H,21,22)/t18-/m1/s1. The molecule has 0 aliphatic carbocycles. The number of hydrogen-bond donors (Lipinski definition) is 1. The third-order valence-electron chi connectivity index (χ3n) is 3.65. The summed E-state index contributed by atoms with van der Waals surface area (Å²) < 4.78 is 15.9. The van der Waals surface area contributed by atoms with E-state index in [1.807, 2.05) is 6.92 Å². The van der Waals surface area contributed by atoms with E-state index in [0.717, 1.165) is 0 Å². The van der Waals surface area contributed by atoms with Crippen LogP contribution < -0.4 is 14.8 Å². The highest BCUT2D eigenvalue weighted by molar-refractivity contribution is 5.95. The van der Waals surface area contributed by atoms with Gasteiger partial charge in [0.25, 0.3) is 5.91 Å². The monoisotopic (exact) mass is 357 g/mol. The number of nitrogens with one attached hydrogen (secondary N) is 1. The van der Waals surface area contributed by atoms with Crippen LogP contribution in [0.1, 0.15) is 30.6 Å². The Balaban J connectivity index is 2.00. The van der Waals surface area contributed by atoms with E-state index in [1.165, 1.54) is 0 Å². The topological polar surface area (TPSA) is 73.9 Å². The molecule has 0 radical (unpaired) electrons. The Kier molecular flexibility index (Phi) is 7.02. The van der Waals surface area contributed by atoms with Crippen LogP contribution in [0.15, 0.2) is 48.5 Å². The zero-order chi connectivity index (χ0) is 18.9. The molecule has 2 rings (SSSR count). The van der Waals surface area contributed by atoms with Crippen molar-refractivity contribution in [1.29, 1.82) is 0 Å². The number of carbonyl (C=O) groups excluding carboxylic acids is 2. The van der Waals surface area contributed by atoms with Crippen molar-refractivity contribution >= 4 is 17.6 Å². The molecule has 0 heterocycles.